The number of phenols is 1. The molecule has 2 aromatic heterocycles. The van der Waals surface area contributed by atoms with Crippen molar-refractivity contribution in [2.24, 2.45) is 0 Å². The SMILES string of the molecule is COc1cc(-c2ccc3ncc(NC(=S)NC4CCCC4)nc3n2)ccc1O. The van der Waals surface area contributed by atoms with Crippen LogP contribution in [-0.2, 0) is 0 Å². The molecule has 1 aliphatic carbocycles. The maximum absolute atomic E-state index is 9.78. The molecule has 0 atom stereocenters. The van der Waals surface area contributed by atoms with E-state index in [9.17, 15) is 5.11 Å². The molecule has 3 N–H and O–H groups in total. The Labute approximate surface area is 168 Å². The second-order valence-electron chi connectivity index (χ2n) is 6.76. The first-order valence-corrected chi connectivity index (χ1v) is 9.62. The number of aromatic nitrogens is 3. The fourth-order valence-corrected chi connectivity index (χ4v) is 3.63. The lowest BCUT2D eigenvalue weighted by Crippen LogP contribution is -2.36. The van der Waals surface area contributed by atoms with Crippen molar-refractivity contribution >= 4 is 34.3 Å². The molecule has 3 aromatic rings. The van der Waals surface area contributed by atoms with Gasteiger partial charge in [-0.3, -0.25) is 0 Å². The summed E-state index contributed by atoms with van der Waals surface area (Å²) in [7, 11) is 1.51. The third-order valence-electron chi connectivity index (χ3n) is 4.81. The lowest BCUT2D eigenvalue weighted by Gasteiger charge is -2.15. The summed E-state index contributed by atoms with van der Waals surface area (Å²) in [6.07, 6.45) is 6.42. The van der Waals surface area contributed by atoms with E-state index in [0.29, 0.717) is 39.6 Å². The van der Waals surface area contributed by atoms with Gasteiger partial charge in [0, 0.05) is 11.6 Å². The zero-order chi connectivity index (χ0) is 19.5. The van der Waals surface area contributed by atoms with Crippen molar-refractivity contribution < 1.29 is 9.84 Å². The molecule has 0 aliphatic heterocycles. The van der Waals surface area contributed by atoms with Crippen molar-refractivity contribution in [3.8, 4) is 22.8 Å². The number of aromatic hydroxyl groups is 1. The minimum absolute atomic E-state index is 0.0848. The van der Waals surface area contributed by atoms with Gasteiger partial charge in [-0.15, -0.1) is 0 Å². The maximum Gasteiger partial charge on any atom is 0.180 e. The first-order valence-electron chi connectivity index (χ1n) is 9.21. The molecule has 0 unspecified atom stereocenters. The Morgan fingerprint density at radius 3 is 2.79 bits per heavy atom. The van der Waals surface area contributed by atoms with Gasteiger partial charge in [0.15, 0.2) is 28.1 Å². The van der Waals surface area contributed by atoms with Crippen molar-refractivity contribution in [1.82, 2.24) is 20.3 Å². The fraction of sp³-hybridized carbons (Fsp3) is 0.300. The average Bonchev–Trinajstić information content (AvgIpc) is 3.20. The average molecular weight is 395 g/mol. The lowest BCUT2D eigenvalue weighted by atomic mass is 10.1. The predicted molar refractivity (Wildman–Crippen MR) is 113 cm³/mol. The molecule has 0 amide bonds. The van der Waals surface area contributed by atoms with E-state index in [0.717, 1.165) is 18.4 Å². The minimum Gasteiger partial charge on any atom is -0.504 e. The number of phenolic OH excluding ortho intramolecular Hbond substituents is 1. The zero-order valence-electron chi connectivity index (χ0n) is 15.5. The highest BCUT2D eigenvalue weighted by atomic mass is 32.1. The zero-order valence-corrected chi connectivity index (χ0v) is 16.3. The molecule has 28 heavy (non-hydrogen) atoms. The van der Waals surface area contributed by atoms with Crippen LogP contribution in [0.3, 0.4) is 0 Å². The number of hydrogen-bond donors (Lipinski definition) is 3. The summed E-state index contributed by atoms with van der Waals surface area (Å²) >= 11 is 5.39. The Bertz CT molecular complexity index is 1020. The molecule has 1 aromatic carbocycles. The second kappa shape index (κ2) is 7.93. The highest BCUT2D eigenvalue weighted by Gasteiger charge is 2.16. The Balaban J connectivity index is 1.57. The highest BCUT2D eigenvalue weighted by Crippen LogP contribution is 2.31. The number of nitrogens with zero attached hydrogens (tertiary/aromatic N) is 3. The quantitative estimate of drug-likeness (QED) is 0.577. The molecule has 0 bridgehead atoms. The first kappa shape index (κ1) is 18.4. The van der Waals surface area contributed by atoms with Crippen molar-refractivity contribution in [2.45, 2.75) is 31.7 Å². The topological polar surface area (TPSA) is 92.2 Å². The number of benzene rings is 1. The lowest BCUT2D eigenvalue weighted by molar-refractivity contribution is 0.373. The van der Waals surface area contributed by atoms with E-state index in [1.165, 1.54) is 20.0 Å². The highest BCUT2D eigenvalue weighted by molar-refractivity contribution is 7.80. The van der Waals surface area contributed by atoms with E-state index in [-0.39, 0.29) is 5.75 Å². The number of fused-ring (bicyclic) bond motifs is 1. The van der Waals surface area contributed by atoms with Crippen LogP contribution in [0.2, 0.25) is 0 Å². The van der Waals surface area contributed by atoms with Crippen LogP contribution in [0.4, 0.5) is 5.82 Å². The summed E-state index contributed by atoms with van der Waals surface area (Å²) in [5.74, 6) is 1.03. The van der Waals surface area contributed by atoms with Crippen LogP contribution in [-0.4, -0.2) is 38.3 Å². The number of methoxy groups -OCH3 is 1. The molecular weight excluding hydrogens is 374 g/mol. The van der Waals surface area contributed by atoms with E-state index >= 15 is 0 Å². The number of pyridine rings is 1. The van der Waals surface area contributed by atoms with Gasteiger partial charge in [0.2, 0.25) is 0 Å². The fourth-order valence-electron chi connectivity index (χ4n) is 3.36. The number of rotatable bonds is 4. The summed E-state index contributed by atoms with van der Waals surface area (Å²) in [6, 6.07) is 9.26. The standard InChI is InChI=1S/C20H21N5O2S/c1-27-17-10-12(6-9-16(17)26)14-7-8-15-19(23-14)24-18(11-21-15)25-20(28)22-13-4-2-3-5-13/h6-11,13,26H,2-5H2,1H3,(H2,22,23,24,25,28). The normalized spacial score (nSPS) is 14.2. The summed E-state index contributed by atoms with van der Waals surface area (Å²) < 4.78 is 5.17. The Morgan fingerprint density at radius 2 is 2.00 bits per heavy atom. The third kappa shape index (κ3) is 3.96. The number of thiocarbonyl (C=S) groups is 1. The second-order valence-corrected chi connectivity index (χ2v) is 7.17. The molecule has 1 fully saturated rings. The summed E-state index contributed by atoms with van der Waals surface area (Å²) in [5.41, 5.74) is 2.73. The van der Waals surface area contributed by atoms with Crippen molar-refractivity contribution in [2.75, 3.05) is 12.4 Å². The van der Waals surface area contributed by atoms with Gasteiger partial charge in [0.25, 0.3) is 0 Å². The number of hydrogen-bond acceptors (Lipinski definition) is 6. The molecule has 144 valence electrons. The van der Waals surface area contributed by atoms with Crippen molar-refractivity contribution in [3.05, 3.63) is 36.5 Å². The van der Waals surface area contributed by atoms with Gasteiger partial charge in [-0.05, 0) is 55.4 Å². The molecule has 1 aliphatic rings. The van der Waals surface area contributed by atoms with Crippen LogP contribution >= 0.6 is 12.2 Å². The van der Waals surface area contributed by atoms with Gasteiger partial charge in [-0.2, -0.15) is 0 Å². The van der Waals surface area contributed by atoms with Gasteiger partial charge in [-0.1, -0.05) is 12.8 Å². The van der Waals surface area contributed by atoms with E-state index in [4.69, 9.17) is 17.0 Å². The molecule has 0 spiro atoms. The van der Waals surface area contributed by atoms with Gasteiger partial charge in [0.1, 0.15) is 5.52 Å². The van der Waals surface area contributed by atoms with E-state index in [1.54, 1.807) is 24.4 Å². The Hall–Kier alpha value is -3.00. The van der Waals surface area contributed by atoms with Gasteiger partial charge >= 0.3 is 0 Å². The molecule has 8 heteroatoms. The Kier molecular flexibility index (Phi) is 5.21. The summed E-state index contributed by atoms with van der Waals surface area (Å²) in [6.45, 7) is 0. The molecule has 0 radical (unpaired) electrons. The number of ether oxygens (including phenoxy) is 1. The van der Waals surface area contributed by atoms with Crippen LogP contribution in [0.15, 0.2) is 36.5 Å². The molecule has 4 rings (SSSR count). The van der Waals surface area contributed by atoms with E-state index in [2.05, 4.69) is 25.6 Å². The van der Waals surface area contributed by atoms with Crippen molar-refractivity contribution in [1.29, 1.82) is 0 Å². The maximum atomic E-state index is 9.78. The predicted octanol–water partition coefficient (Wildman–Crippen LogP) is 3.64. The minimum atomic E-state index is 0.0848. The molecule has 7 nitrogen and oxygen atoms in total. The Morgan fingerprint density at radius 1 is 1.18 bits per heavy atom. The smallest absolute Gasteiger partial charge is 0.180 e. The van der Waals surface area contributed by atoms with Gasteiger partial charge < -0.3 is 20.5 Å². The van der Waals surface area contributed by atoms with Crippen LogP contribution in [0, 0.1) is 0 Å². The van der Waals surface area contributed by atoms with E-state index < -0.39 is 0 Å². The largest absolute Gasteiger partial charge is 0.504 e. The number of nitrogens with one attached hydrogen (secondary N) is 2. The molecule has 0 saturated heterocycles. The molecule has 1 saturated carbocycles. The molecular formula is C20H21N5O2S. The van der Waals surface area contributed by atoms with Crippen LogP contribution in [0.1, 0.15) is 25.7 Å². The third-order valence-corrected chi connectivity index (χ3v) is 5.03. The van der Waals surface area contributed by atoms with E-state index in [1.807, 2.05) is 12.1 Å². The summed E-state index contributed by atoms with van der Waals surface area (Å²) in [4.78, 5) is 13.6. The number of anilines is 1. The first-order chi connectivity index (χ1) is 13.6. The summed E-state index contributed by atoms with van der Waals surface area (Å²) in [5, 5.41) is 16.8. The van der Waals surface area contributed by atoms with Crippen LogP contribution < -0.4 is 15.4 Å². The van der Waals surface area contributed by atoms with Gasteiger partial charge in [0.05, 0.1) is 19.0 Å². The van der Waals surface area contributed by atoms with Crippen LogP contribution in [0.5, 0.6) is 11.5 Å². The van der Waals surface area contributed by atoms with Crippen LogP contribution in [0.25, 0.3) is 22.4 Å². The van der Waals surface area contributed by atoms with Crippen molar-refractivity contribution in [3.63, 3.8) is 0 Å². The van der Waals surface area contributed by atoms with Gasteiger partial charge in [-0.25, -0.2) is 15.0 Å². The molecule has 2 heterocycles. The monoisotopic (exact) mass is 395 g/mol.